The minimum Gasteiger partial charge on any atom is -0.507 e. The highest BCUT2D eigenvalue weighted by atomic mass is 32.1. The fraction of sp³-hybridized carbons (Fsp3) is 0.0909. The molecular formula is C22H14FN5O4S2. The number of benzene rings is 1. The van der Waals surface area contributed by atoms with Crippen LogP contribution in [0.2, 0.25) is 0 Å². The van der Waals surface area contributed by atoms with Crippen LogP contribution in [-0.2, 0) is 6.54 Å². The molecule has 0 aliphatic heterocycles. The topological polar surface area (TPSA) is 149 Å². The Bertz CT molecular complexity index is 1470. The fourth-order valence-corrected chi connectivity index (χ4v) is 4.90. The molecule has 0 aliphatic carbocycles. The zero-order valence-electron chi connectivity index (χ0n) is 17.4. The Morgan fingerprint density at radius 3 is 2.76 bits per heavy atom. The van der Waals surface area contributed by atoms with Crippen LogP contribution in [0.3, 0.4) is 0 Å². The molecule has 0 aliphatic rings. The van der Waals surface area contributed by atoms with E-state index in [0.29, 0.717) is 16.4 Å². The van der Waals surface area contributed by atoms with Crippen molar-refractivity contribution in [3.8, 4) is 33.0 Å². The van der Waals surface area contributed by atoms with Crippen LogP contribution in [0.1, 0.15) is 37.2 Å². The van der Waals surface area contributed by atoms with Crippen LogP contribution in [0.25, 0.3) is 21.1 Å². The number of hydrogen-bond donors (Lipinski definition) is 3. The number of nitrogens with one attached hydrogen (secondary N) is 1. The molecule has 9 nitrogen and oxygen atoms in total. The molecular weight excluding hydrogens is 481 g/mol. The summed E-state index contributed by atoms with van der Waals surface area (Å²) in [5.41, 5.74) is 0.924. The molecule has 3 aromatic heterocycles. The number of aryl methyl sites for hydroxylation is 1. The van der Waals surface area contributed by atoms with Gasteiger partial charge in [0.05, 0.1) is 22.8 Å². The number of carbonyl (C=O) groups excluding carboxylic acids is 1. The second-order valence-electron chi connectivity index (χ2n) is 6.92. The third kappa shape index (κ3) is 4.61. The highest BCUT2D eigenvalue weighted by Crippen LogP contribution is 2.36. The molecule has 0 saturated heterocycles. The Balaban J connectivity index is 1.52. The van der Waals surface area contributed by atoms with Crippen molar-refractivity contribution in [3.63, 3.8) is 0 Å². The molecule has 1 aromatic carbocycles. The van der Waals surface area contributed by atoms with E-state index in [-0.39, 0.29) is 28.5 Å². The minimum atomic E-state index is -1.43. The van der Waals surface area contributed by atoms with Crippen molar-refractivity contribution in [2.45, 2.75) is 13.5 Å². The van der Waals surface area contributed by atoms with E-state index in [1.54, 1.807) is 18.4 Å². The quantitative estimate of drug-likeness (QED) is 0.364. The predicted octanol–water partition coefficient (Wildman–Crippen LogP) is 3.98. The molecule has 4 rings (SSSR count). The van der Waals surface area contributed by atoms with Crippen LogP contribution in [-0.4, -0.2) is 37.0 Å². The Morgan fingerprint density at radius 1 is 1.24 bits per heavy atom. The van der Waals surface area contributed by atoms with E-state index in [9.17, 15) is 19.1 Å². The number of thiazole rings is 2. The summed E-state index contributed by atoms with van der Waals surface area (Å²) < 4.78 is 14.5. The monoisotopic (exact) mass is 495 g/mol. The van der Waals surface area contributed by atoms with Crippen molar-refractivity contribution in [3.05, 3.63) is 69.2 Å². The first-order valence-electron chi connectivity index (χ1n) is 9.60. The number of hydrogen-bond acceptors (Lipinski definition) is 9. The summed E-state index contributed by atoms with van der Waals surface area (Å²) in [6, 6.07) is 8.26. The van der Waals surface area contributed by atoms with Crippen molar-refractivity contribution < 1.29 is 24.2 Å². The number of nitrogens with zero attached hydrogens (tertiary/aromatic N) is 4. The Labute approximate surface area is 199 Å². The molecule has 170 valence electrons. The summed E-state index contributed by atoms with van der Waals surface area (Å²) in [4.78, 5) is 36.9. The second-order valence-corrected chi connectivity index (χ2v) is 8.86. The van der Waals surface area contributed by atoms with Gasteiger partial charge in [-0.1, -0.05) is 6.07 Å². The van der Waals surface area contributed by atoms with Gasteiger partial charge in [0.1, 0.15) is 44.6 Å². The summed E-state index contributed by atoms with van der Waals surface area (Å²) in [6.45, 7) is 1.92. The van der Waals surface area contributed by atoms with Crippen molar-refractivity contribution in [1.82, 2.24) is 20.3 Å². The van der Waals surface area contributed by atoms with Crippen LogP contribution in [0.15, 0.2) is 35.7 Å². The van der Waals surface area contributed by atoms with Gasteiger partial charge in [-0.25, -0.2) is 24.1 Å². The zero-order chi connectivity index (χ0) is 24.4. The lowest BCUT2D eigenvalue weighted by atomic mass is 10.1. The third-order valence-corrected chi connectivity index (χ3v) is 6.68. The molecule has 4 aromatic rings. The van der Waals surface area contributed by atoms with Crippen molar-refractivity contribution in [2.24, 2.45) is 0 Å². The lowest BCUT2D eigenvalue weighted by molar-refractivity contribution is 0.0693. The van der Waals surface area contributed by atoms with Gasteiger partial charge >= 0.3 is 5.97 Å². The van der Waals surface area contributed by atoms with E-state index in [2.05, 4.69) is 20.3 Å². The highest BCUT2D eigenvalue weighted by Gasteiger charge is 2.20. The number of carboxylic acids is 1. The minimum absolute atomic E-state index is 0.0134. The maximum atomic E-state index is 14.5. The number of phenols is 1. The van der Waals surface area contributed by atoms with Gasteiger partial charge in [-0.3, -0.25) is 4.79 Å². The third-order valence-electron chi connectivity index (χ3n) is 4.62. The number of pyridine rings is 1. The molecule has 3 heterocycles. The van der Waals surface area contributed by atoms with Crippen LogP contribution >= 0.6 is 22.7 Å². The van der Waals surface area contributed by atoms with E-state index in [0.717, 1.165) is 28.3 Å². The van der Waals surface area contributed by atoms with Gasteiger partial charge in [-0.05, 0) is 31.2 Å². The summed E-state index contributed by atoms with van der Waals surface area (Å²) >= 11 is 2.44. The van der Waals surface area contributed by atoms with E-state index >= 15 is 0 Å². The Morgan fingerprint density at radius 2 is 2.03 bits per heavy atom. The standard InChI is InChI=1S/C22H14FN5O4S2/c1-10-19(34-18(26-10)8-25-20(30)15-4-2-3-11(7-24)27-15)16-9-33-21(28-16)12-6-17(29)13(22(31)32)5-14(12)23/h2-6,9,29H,8H2,1H3,(H,25,30)(H,31,32). The molecule has 34 heavy (non-hydrogen) atoms. The normalized spacial score (nSPS) is 10.6. The first kappa shape index (κ1) is 23.0. The van der Waals surface area contributed by atoms with Gasteiger partial charge in [0.2, 0.25) is 0 Å². The maximum Gasteiger partial charge on any atom is 0.339 e. The van der Waals surface area contributed by atoms with Gasteiger partial charge < -0.3 is 15.5 Å². The molecule has 3 N–H and O–H groups in total. The van der Waals surface area contributed by atoms with E-state index < -0.39 is 29.0 Å². The van der Waals surface area contributed by atoms with Crippen LogP contribution in [0, 0.1) is 24.1 Å². The molecule has 0 atom stereocenters. The average Bonchev–Trinajstić information content (AvgIpc) is 3.45. The van der Waals surface area contributed by atoms with Crippen LogP contribution in [0.5, 0.6) is 5.75 Å². The molecule has 0 unspecified atom stereocenters. The lowest BCUT2D eigenvalue weighted by Crippen LogP contribution is -2.23. The molecule has 0 bridgehead atoms. The Kier molecular flexibility index (Phi) is 6.31. The number of aromatic carboxylic acids is 1. The summed E-state index contributed by atoms with van der Waals surface area (Å²) in [5.74, 6) is -3.24. The van der Waals surface area contributed by atoms with Crippen molar-refractivity contribution in [2.75, 3.05) is 0 Å². The number of nitriles is 1. The van der Waals surface area contributed by atoms with Gasteiger partial charge in [0.15, 0.2) is 0 Å². The molecule has 0 saturated carbocycles. The fourth-order valence-electron chi connectivity index (χ4n) is 3.03. The van der Waals surface area contributed by atoms with Gasteiger partial charge in [-0.15, -0.1) is 22.7 Å². The number of aromatic hydroxyl groups is 1. The molecule has 1 amide bonds. The number of aromatic nitrogens is 3. The molecule has 0 fully saturated rings. The second kappa shape index (κ2) is 9.34. The number of rotatable bonds is 6. The molecule has 0 radical (unpaired) electrons. The van der Waals surface area contributed by atoms with E-state index in [1.165, 1.54) is 23.5 Å². The number of halogens is 1. The van der Waals surface area contributed by atoms with Gasteiger partial charge in [0.25, 0.3) is 5.91 Å². The molecule has 0 spiro atoms. The summed E-state index contributed by atoms with van der Waals surface area (Å²) in [6.07, 6.45) is 0. The van der Waals surface area contributed by atoms with Gasteiger partial charge in [0, 0.05) is 10.9 Å². The Hall–Kier alpha value is -4.21. The van der Waals surface area contributed by atoms with Gasteiger partial charge in [-0.2, -0.15) is 5.26 Å². The lowest BCUT2D eigenvalue weighted by Gasteiger charge is -2.04. The summed E-state index contributed by atoms with van der Waals surface area (Å²) in [7, 11) is 0. The average molecular weight is 496 g/mol. The largest absolute Gasteiger partial charge is 0.507 e. The first-order valence-corrected chi connectivity index (χ1v) is 11.3. The van der Waals surface area contributed by atoms with E-state index in [4.69, 9.17) is 10.4 Å². The highest BCUT2D eigenvalue weighted by molar-refractivity contribution is 7.16. The SMILES string of the molecule is Cc1nc(CNC(=O)c2cccc(C#N)n2)sc1-c1csc(-c2cc(O)c(C(=O)O)cc2F)n1. The predicted molar refractivity (Wildman–Crippen MR) is 122 cm³/mol. The zero-order valence-corrected chi connectivity index (χ0v) is 19.0. The number of carboxylic acid groups (broad SMARTS) is 1. The van der Waals surface area contributed by atoms with E-state index in [1.807, 2.05) is 6.07 Å². The smallest absolute Gasteiger partial charge is 0.339 e. The summed E-state index contributed by atoms with van der Waals surface area (Å²) in [5, 5.41) is 33.1. The van der Waals surface area contributed by atoms with Crippen LogP contribution < -0.4 is 5.32 Å². The molecule has 12 heteroatoms. The van der Waals surface area contributed by atoms with Crippen molar-refractivity contribution >= 4 is 34.6 Å². The number of amides is 1. The number of carbonyl (C=O) groups is 2. The van der Waals surface area contributed by atoms with Crippen molar-refractivity contribution in [1.29, 1.82) is 5.26 Å². The van der Waals surface area contributed by atoms with Crippen LogP contribution in [0.4, 0.5) is 4.39 Å². The maximum absolute atomic E-state index is 14.5. The first-order chi connectivity index (χ1) is 16.3.